The van der Waals surface area contributed by atoms with Gasteiger partial charge in [0.25, 0.3) is 0 Å². The first-order valence-corrected chi connectivity index (χ1v) is 4.30. The molecule has 2 rings (SSSR count). The molecule has 0 saturated carbocycles. The quantitative estimate of drug-likeness (QED) is 0.657. The normalized spacial score (nSPS) is 10.7. The van der Waals surface area contributed by atoms with Crippen molar-refractivity contribution in [1.29, 1.82) is 0 Å². The van der Waals surface area contributed by atoms with Gasteiger partial charge in [-0.1, -0.05) is 0 Å². The van der Waals surface area contributed by atoms with Crippen molar-refractivity contribution in [3.8, 4) is 0 Å². The fourth-order valence-corrected chi connectivity index (χ4v) is 1.37. The van der Waals surface area contributed by atoms with Crippen molar-refractivity contribution >= 4 is 11.2 Å². The molecule has 0 aliphatic rings. The standard InChI is InChI=1S/C10H13N3/c1-8-6-11-13-7-9(12(2)3)4-5-10(8)13/h4-7H,1-3H3. The van der Waals surface area contributed by atoms with Gasteiger partial charge < -0.3 is 4.90 Å². The first-order chi connectivity index (χ1) is 6.18. The Balaban J connectivity index is 2.63. The predicted molar refractivity (Wildman–Crippen MR) is 54.3 cm³/mol. The smallest absolute Gasteiger partial charge is 0.0692 e. The minimum atomic E-state index is 1.16. The van der Waals surface area contributed by atoms with Crippen LogP contribution in [0.25, 0.3) is 5.52 Å². The molecule has 0 N–H and O–H groups in total. The van der Waals surface area contributed by atoms with Crippen LogP contribution in [0.5, 0.6) is 0 Å². The van der Waals surface area contributed by atoms with Crippen LogP contribution in [0.1, 0.15) is 5.56 Å². The molecule has 0 spiro atoms. The van der Waals surface area contributed by atoms with E-state index in [4.69, 9.17) is 0 Å². The van der Waals surface area contributed by atoms with Crippen molar-refractivity contribution in [2.45, 2.75) is 6.92 Å². The van der Waals surface area contributed by atoms with Crippen molar-refractivity contribution in [3.05, 3.63) is 30.1 Å². The lowest BCUT2D eigenvalue weighted by Gasteiger charge is -2.11. The number of hydrogen-bond donors (Lipinski definition) is 0. The molecule has 3 heteroatoms. The SMILES string of the molecule is Cc1cnn2cc(N(C)C)ccc12. The van der Waals surface area contributed by atoms with Gasteiger partial charge in [0.1, 0.15) is 0 Å². The number of fused-ring (bicyclic) bond motifs is 1. The molecular formula is C10H13N3. The van der Waals surface area contributed by atoms with Crippen molar-refractivity contribution in [3.63, 3.8) is 0 Å². The highest BCUT2D eigenvalue weighted by Crippen LogP contribution is 2.15. The average Bonchev–Trinajstić information content (AvgIpc) is 2.47. The Labute approximate surface area is 77.6 Å². The van der Waals surface area contributed by atoms with E-state index < -0.39 is 0 Å². The second-order valence-corrected chi connectivity index (χ2v) is 3.44. The van der Waals surface area contributed by atoms with E-state index in [0.717, 1.165) is 5.69 Å². The first-order valence-electron chi connectivity index (χ1n) is 4.30. The van der Waals surface area contributed by atoms with E-state index in [1.165, 1.54) is 11.1 Å². The van der Waals surface area contributed by atoms with Crippen LogP contribution in [-0.2, 0) is 0 Å². The highest BCUT2D eigenvalue weighted by atomic mass is 15.2. The molecule has 0 aliphatic heterocycles. The minimum absolute atomic E-state index is 1.16. The molecule has 0 aromatic carbocycles. The summed E-state index contributed by atoms with van der Waals surface area (Å²) >= 11 is 0. The molecule has 0 unspecified atom stereocenters. The monoisotopic (exact) mass is 175 g/mol. The summed E-state index contributed by atoms with van der Waals surface area (Å²) in [6.45, 7) is 2.07. The zero-order valence-electron chi connectivity index (χ0n) is 8.15. The molecule has 3 nitrogen and oxygen atoms in total. The average molecular weight is 175 g/mol. The van der Waals surface area contributed by atoms with E-state index in [1.807, 2.05) is 31.0 Å². The molecule has 0 aliphatic carbocycles. The number of hydrogen-bond acceptors (Lipinski definition) is 2. The van der Waals surface area contributed by atoms with Crippen LogP contribution in [0.15, 0.2) is 24.5 Å². The third-order valence-corrected chi connectivity index (χ3v) is 2.21. The molecule has 0 radical (unpaired) electrons. The first kappa shape index (κ1) is 8.10. The molecule has 0 saturated heterocycles. The maximum atomic E-state index is 4.25. The van der Waals surface area contributed by atoms with Gasteiger partial charge in [-0.05, 0) is 24.6 Å². The van der Waals surface area contributed by atoms with Gasteiger partial charge in [-0.15, -0.1) is 0 Å². The van der Waals surface area contributed by atoms with Crippen molar-refractivity contribution in [1.82, 2.24) is 9.61 Å². The molecular weight excluding hydrogens is 162 g/mol. The Kier molecular flexibility index (Phi) is 1.72. The molecule has 0 amide bonds. The fraction of sp³-hybridized carbons (Fsp3) is 0.300. The lowest BCUT2D eigenvalue weighted by molar-refractivity contribution is 0.949. The third-order valence-electron chi connectivity index (χ3n) is 2.21. The lowest BCUT2D eigenvalue weighted by Crippen LogP contribution is -2.09. The molecule has 2 heterocycles. The van der Waals surface area contributed by atoms with Gasteiger partial charge in [-0.3, -0.25) is 0 Å². The van der Waals surface area contributed by atoms with Crippen molar-refractivity contribution in [2.24, 2.45) is 0 Å². The Morgan fingerprint density at radius 2 is 2.08 bits per heavy atom. The summed E-state index contributed by atoms with van der Waals surface area (Å²) in [4.78, 5) is 2.07. The van der Waals surface area contributed by atoms with E-state index in [-0.39, 0.29) is 0 Å². The highest BCUT2D eigenvalue weighted by molar-refractivity contribution is 5.58. The number of rotatable bonds is 1. The van der Waals surface area contributed by atoms with Crippen molar-refractivity contribution in [2.75, 3.05) is 19.0 Å². The van der Waals surface area contributed by atoms with Gasteiger partial charge >= 0.3 is 0 Å². The summed E-state index contributed by atoms with van der Waals surface area (Å²) in [7, 11) is 4.05. The topological polar surface area (TPSA) is 20.5 Å². The number of pyridine rings is 1. The predicted octanol–water partition coefficient (Wildman–Crippen LogP) is 1.71. The van der Waals surface area contributed by atoms with E-state index in [0.29, 0.717) is 0 Å². The second-order valence-electron chi connectivity index (χ2n) is 3.44. The van der Waals surface area contributed by atoms with Crippen LogP contribution >= 0.6 is 0 Å². The molecule has 2 aromatic heterocycles. The lowest BCUT2D eigenvalue weighted by atomic mass is 10.3. The summed E-state index contributed by atoms with van der Waals surface area (Å²) in [5.41, 5.74) is 3.55. The van der Waals surface area contributed by atoms with E-state index in [2.05, 4.69) is 29.1 Å². The van der Waals surface area contributed by atoms with Crippen LogP contribution in [0.4, 0.5) is 5.69 Å². The van der Waals surface area contributed by atoms with Crippen LogP contribution < -0.4 is 4.90 Å². The molecule has 0 fully saturated rings. The number of aromatic nitrogens is 2. The van der Waals surface area contributed by atoms with E-state index in [9.17, 15) is 0 Å². The Hall–Kier alpha value is -1.51. The van der Waals surface area contributed by atoms with E-state index in [1.54, 1.807) is 0 Å². The van der Waals surface area contributed by atoms with Crippen molar-refractivity contribution < 1.29 is 0 Å². The van der Waals surface area contributed by atoms with Crippen LogP contribution in [0, 0.1) is 6.92 Å². The molecule has 0 atom stereocenters. The van der Waals surface area contributed by atoms with Gasteiger partial charge in [-0.25, -0.2) is 4.52 Å². The van der Waals surface area contributed by atoms with Crippen LogP contribution in [0.2, 0.25) is 0 Å². The van der Waals surface area contributed by atoms with Gasteiger partial charge in [-0.2, -0.15) is 5.10 Å². The van der Waals surface area contributed by atoms with Crippen LogP contribution in [0.3, 0.4) is 0 Å². The fourth-order valence-electron chi connectivity index (χ4n) is 1.37. The molecule has 0 bridgehead atoms. The number of aryl methyl sites for hydroxylation is 1. The zero-order valence-corrected chi connectivity index (χ0v) is 8.15. The van der Waals surface area contributed by atoms with Gasteiger partial charge in [0.2, 0.25) is 0 Å². The summed E-state index contributed by atoms with van der Waals surface area (Å²) in [5.74, 6) is 0. The maximum Gasteiger partial charge on any atom is 0.0692 e. The number of nitrogens with zero attached hydrogens (tertiary/aromatic N) is 3. The largest absolute Gasteiger partial charge is 0.376 e. The van der Waals surface area contributed by atoms with Gasteiger partial charge in [0.15, 0.2) is 0 Å². The number of anilines is 1. The molecule has 13 heavy (non-hydrogen) atoms. The minimum Gasteiger partial charge on any atom is -0.376 e. The summed E-state index contributed by atoms with van der Waals surface area (Å²) in [6, 6.07) is 4.20. The van der Waals surface area contributed by atoms with Gasteiger partial charge in [0, 0.05) is 14.1 Å². The second kappa shape index (κ2) is 2.76. The third kappa shape index (κ3) is 1.26. The molecule has 68 valence electrons. The zero-order chi connectivity index (χ0) is 9.42. The Morgan fingerprint density at radius 3 is 2.77 bits per heavy atom. The Bertz CT molecular complexity index is 429. The molecule has 2 aromatic rings. The van der Waals surface area contributed by atoms with E-state index >= 15 is 0 Å². The summed E-state index contributed by atoms with van der Waals surface area (Å²) in [6.07, 6.45) is 3.91. The maximum absolute atomic E-state index is 4.25. The summed E-state index contributed by atoms with van der Waals surface area (Å²) in [5, 5.41) is 4.25. The summed E-state index contributed by atoms with van der Waals surface area (Å²) < 4.78 is 1.91. The highest BCUT2D eigenvalue weighted by Gasteiger charge is 2.00. The Morgan fingerprint density at radius 1 is 1.31 bits per heavy atom. The van der Waals surface area contributed by atoms with Crippen LogP contribution in [-0.4, -0.2) is 23.7 Å². The van der Waals surface area contributed by atoms with Gasteiger partial charge in [0.05, 0.1) is 23.6 Å².